The molecule has 22 heavy (non-hydrogen) atoms. The fraction of sp³-hybridized carbons (Fsp3) is 0.417. The highest BCUT2D eigenvalue weighted by molar-refractivity contribution is 7.93. The van der Waals surface area contributed by atoms with Gasteiger partial charge in [0.25, 0.3) is 0 Å². The second-order valence-corrected chi connectivity index (χ2v) is 7.51. The molecule has 1 aromatic rings. The topological polar surface area (TPSA) is 71.4 Å². The van der Waals surface area contributed by atoms with Gasteiger partial charge in [0, 0.05) is 0 Å². The van der Waals surface area contributed by atoms with Gasteiger partial charge >= 0.3 is 12.1 Å². The smallest absolute Gasteiger partial charge is 0.390 e. The van der Waals surface area contributed by atoms with Gasteiger partial charge in [-0.05, 0) is 24.6 Å². The van der Waals surface area contributed by atoms with Crippen molar-refractivity contribution in [3.63, 3.8) is 0 Å². The maximum absolute atomic E-state index is 13.4. The highest BCUT2D eigenvalue weighted by Gasteiger charge is 2.49. The molecule has 1 aromatic carbocycles. The third-order valence-corrected chi connectivity index (χ3v) is 5.86. The molecule has 1 N–H and O–H groups in total. The zero-order valence-corrected chi connectivity index (χ0v) is 12.7. The molecule has 0 fully saturated rings. The molecule has 10 heteroatoms. The Hall–Kier alpha value is -1.35. The highest BCUT2D eigenvalue weighted by Crippen LogP contribution is 2.35. The molecule has 4 nitrogen and oxygen atoms in total. The summed E-state index contributed by atoms with van der Waals surface area (Å²) >= 11 is 5.42. The first-order valence-electron chi connectivity index (χ1n) is 5.79. The molecule has 1 atom stereocenters. The fourth-order valence-electron chi connectivity index (χ4n) is 1.68. The van der Waals surface area contributed by atoms with Crippen molar-refractivity contribution in [3.8, 4) is 0 Å². The average molecular weight is 363 g/mol. The lowest BCUT2D eigenvalue weighted by molar-refractivity contribution is -0.140. The number of hydrogen-bond donors (Lipinski definition) is 1. The van der Waals surface area contributed by atoms with E-state index in [0.29, 0.717) is 13.0 Å². The standard InChI is InChI=1S/C12H11ClF4O4S/c1-11(10(18)19,7-2-3-8(13)9(14)6-7)22(20,21)5-4-12(15,16)17/h2-3,6H,4-5H2,1H3,(H,18,19). The van der Waals surface area contributed by atoms with Crippen LogP contribution in [0.2, 0.25) is 5.02 Å². The van der Waals surface area contributed by atoms with Gasteiger partial charge in [0.15, 0.2) is 14.6 Å². The molecular formula is C12H11ClF4O4S. The zero-order chi connectivity index (χ0) is 17.3. The number of alkyl halides is 3. The van der Waals surface area contributed by atoms with Crippen molar-refractivity contribution in [2.45, 2.75) is 24.3 Å². The van der Waals surface area contributed by atoms with E-state index in [1.165, 1.54) is 0 Å². The second kappa shape index (κ2) is 6.04. The maximum Gasteiger partial charge on any atom is 0.390 e. The van der Waals surface area contributed by atoms with Gasteiger partial charge in [0.1, 0.15) is 5.82 Å². The summed E-state index contributed by atoms with van der Waals surface area (Å²) in [5, 5.41) is 8.82. The van der Waals surface area contributed by atoms with Crippen LogP contribution in [0.4, 0.5) is 17.6 Å². The summed E-state index contributed by atoms with van der Waals surface area (Å²) in [5.41, 5.74) is -0.510. The maximum atomic E-state index is 13.4. The van der Waals surface area contributed by atoms with Crippen LogP contribution in [0, 0.1) is 5.82 Å². The second-order valence-electron chi connectivity index (χ2n) is 4.65. The van der Waals surface area contributed by atoms with Crippen LogP contribution in [0.15, 0.2) is 18.2 Å². The van der Waals surface area contributed by atoms with E-state index in [1.54, 1.807) is 0 Å². The normalized spacial score (nSPS) is 15.4. The molecular weight excluding hydrogens is 352 g/mol. The van der Waals surface area contributed by atoms with Crippen LogP contribution < -0.4 is 0 Å². The van der Waals surface area contributed by atoms with Crippen molar-refractivity contribution < 1.29 is 35.9 Å². The molecule has 0 saturated carbocycles. The fourth-order valence-corrected chi connectivity index (χ4v) is 3.46. The predicted molar refractivity (Wildman–Crippen MR) is 70.9 cm³/mol. The number of halogens is 5. The summed E-state index contributed by atoms with van der Waals surface area (Å²) in [6.45, 7) is 0.712. The van der Waals surface area contributed by atoms with Crippen LogP contribution >= 0.6 is 11.6 Å². The lowest BCUT2D eigenvalue weighted by Gasteiger charge is -2.26. The van der Waals surface area contributed by atoms with E-state index in [9.17, 15) is 35.9 Å². The van der Waals surface area contributed by atoms with E-state index in [4.69, 9.17) is 11.6 Å². The van der Waals surface area contributed by atoms with E-state index in [0.717, 1.165) is 12.1 Å². The first-order chi connectivity index (χ1) is 9.81. The Morgan fingerprint density at radius 2 is 1.86 bits per heavy atom. The highest BCUT2D eigenvalue weighted by atomic mass is 35.5. The molecule has 0 radical (unpaired) electrons. The van der Waals surface area contributed by atoms with Gasteiger partial charge in [-0.3, -0.25) is 4.79 Å². The molecule has 0 aliphatic carbocycles. The molecule has 0 aliphatic heterocycles. The Labute approximate surface area is 128 Å². The monoisotopic (exact) mass is 362 g/mol. The van der Waals surface area contributed by atoms with Crippen molar-refractivity contribution in [2.75, 3.05) is 5.75 Å². The number of rotatable bonds is 5. The van der Waals surface area contributed by atoms with Crippen molar-refractivity contribution in [3.05, 3.63) is 34.6 Å². The Morgan fingerprint density at radius 1 is 1.32 bits per heavy atom. The molecule has 1 rings (SSSR count). The van der Waals surface area contributed by atoms with E-state index >= 15 is 0 Å². The Bertz CT molecular complexity index is 687. The first kappa shape index (κ1) is 18.7. The minimum Gasteiger partial charge on any atom is -0.480 e. The molecule has 124 valence electrons. The quantitative estimate of drug-likeness (QED) is 0.817. The molecule has 0 saturated heterocycles. The summed E-state index contributed by atoms with van der Waals surface area (Å²) in [4.78, 5) is 11.4. The summed E-state index contributed by atoms with van der Waals surface area (Å²) in [5.74, 6) is -4.40. The Morgan fingerprint density at radius 3 is 2.27 bits per heavy atom. The van der Waals surface area contributed by atoms with Crippen molar-refractivity contribution in [2.24, 2.45) is 0 Å². The van der Waals surface area contributed by atoms with Gasteiger partial charge in [-0.15, -0.1) is 0 Å². The van der Waals surface area contributed by atoms with Crippen LogP contribution in [0.3, 0.4) is 0 Å². The molecule has 0 aliphatic rings. The van der Waals surface area contributed by atoms with Crippen LogP contribution in [0.1, 0.15) is 18.9 Å². The number of carboxylic acid groups (broad SMARTS) is 1. The van der Waals surface area contributed by atoms with Gasteiger partial charge in [-0.1, -0.05) is 17.7 Å². The summed E-state index contributed by atoms with van der Waals surface area (Å²) in [6.07, 6.45) is -6.47. The minimum atomic E-state index is -4.77. The van der Waals surface area contributed by atoms with Crippen molar-refractivity contribution in [1.82, 2.24) is 0 Å². The zero-order valence-electron chi connectivity index (χ0n) is 11.1. The van der Waals surface area contributed by atoms with Gasteiger partial charge in [0.2, 0.25) is 0 Å². The lowest BCUT2D eigenvalue weighted by atomic mass is 10.0. The van der Waals surface area contributed by atoms with Crippen molar-refractivity contribution in [1.29, 1.82) is 0 Å². The SMILES string of the molecule is CC(C(=O)O)(c1ccc(Cl)c(F)c1)S(=O)(=O)CCC(F)(F)F. The van der Waals surface area contributed by atoms with Crippen LogP contribution in [-0.2, 0) is 19.4 Å². The summed E-state index contributed by atoms with van der Waals surface area (Å²) in [7, 11) is -4.77. The van der Waals surface area contributed by atoms with Gasteiger partial charge in [0.05, 0.1) is 17.2 Å². The Kier molecular flexibility index (Phi) is 5.13. The van der Waals surface area contributed by atoms with E-state index in [1.807, 2.05) is 0 Å². The van der Waals surface area contributed by atoms with Crippen LogP contribution in [-0.4, -0.2) is 31.4 Å². The van der Waals surface area contributed by atoms with Crippen LogP contribution in [0.5, 0.6) is 0 Å². The third-order valence-electron chi connectivity index (χ3n) is 3.15. The number of hydrogen-bond acceptors (Lipinski definition) is 3. The minimum absolute atomic E-state index is 0.371. The molecule has 0 heterocycles. The van der Waals surface area contributed by atoms with Gasteiger partial charge < -0.3 is 5.11 Å². The number of carboxylic acids is 1. The van der Waals surface area contributed by atoms with Gasteiger partial charge in [-0.2, -0.15) is 13.2 Å². The van der Waals surface area contributed by atoms with Gasteiger partial charge in [-0.25, -0.2) is 12.8 Å². The number of carbonyl (C=O) groups is 1. The predicted octanol–water partition coefficient (Wildman–Crippen LogP) is 3.15. The molecule has 0 aromatic heterocycles. The lowest BCUT2D eigenvalue weighted by Crippen LogP contribution is -2.43. The molecule has 0 bridgehead atoms. The molecule has 0 spiro atoms. The van der Waals surface area contributed by atoms with E-state index < -0.39 is 50.3 Å². The number of sulfone groups is 1. The van der Waals surface area contributed by atoms with Crippen LogP contribution in [0.25, 0.3) is 0 Å². The molecule has 0 amide bonds. The Balaban J connectivity index is 3.37. The van der Waals surface area contributed by atoms with Crippen molar-refractivity contribution >= 4 is 27.4 Å². The average Bonchev–Trinajstić information content (AvgIpc) is 2.37. The first-order valence-corrected chi connectivity index (χ1v) is 7.82. The summed E-state index contributed by atoms with van der Waals surface area (Å²) in [6, 6.07) is 2.47. The molecule has 1 unspecified atom stereocenters. The van der Waals surface area contributed by atoms with E-state index in [-0.39, 0.29) is 5.02 Å². The third kappa shape index (κ3) is 3.70. The summed E-state index contributed by atoms with van der Waals surface area (Å²) < 4.78 is 71.5. The van der Waals surface area contributed by atoms with E-state index in [2.05, 4.69) is 0 Å². The largest absolute Gasteiger partial charge is 0.480 e. The number of aliphatic carboxylic acids is 1. The number of benzene rings is 1.